The first kappa shape index (κ1) is 19.7. The molecule has 0 atom stereocenters. The minimum absolute atomic E-state index is 0.0299. The molecule has 4 N–H and O–H groups in total. The number of rotatable bonds is 5. The minimum Gasteiger partial charge on any atom is -0.385 e. The summed E-state index contributed by atoms with van der Waals surface area (Å²) in [5.41, 5.74) is 5.83. The van der Waals surface area contributed by atoms with Crippen LogP contribution in [0.5, 0.6) is 0 Å². The van der Waals surface area contributed by atoms with Crippen LogP contribution in [0.3, 0.4) is 0 Å². The normalized spacial score (nSPS) is 11.8. The summed E-state index contributed by atoms with van der Waals surface area (Å²) in [5.74, 6) is 0.444. The molecule has 0 radical (unpaired) electrons. The fraction of sp³-hybridized carbons (Fsp3) is 0.176. The van der Waals surface area contributed by atoms with Crippen LogP contribution < -0.4 is 22.3 Å². The number of hydrogen-bond acceptors (Lipinski definition) is 6. The summed E-state index contributed by atoms with van der Waals surface area (Å²) in [6.45, 7) is 0.0299. The third kappa shape index (κ3) is 3.41. The molecule has 146 valence electrons. The standard InChI is InChI=1S/C17H17Cl2N7O2/c1-24-13-14(23-16(24)22-12(21)5-6-20)25(2)17(28)26(15(13)27)8-9-3-4-10(18)11(19)7-9/h3-7,20H,8,21H2,1-2H3,(H,22,23)/b12-5-,20-6?. The van der Waals surface area contributed by atoms with Gasteiger partial charge < -0.3 is 21.0 Å². The Hall–Kier alpha value is -3.04. The molecule has 0 aliphatic carbocycles. The van der Waals surface area contributed by atoms with Gasteiger partial charge in [0.1, 0.15) is 5.82 Å². The van der Waals surface area contributed by atoms with Gasteiger partial charge in [0.2, 0.25) is 5.95 Å². The Labute approximate surface area is 169 Å². The average molecular weight is 422 g/mol. The first-order chi connectivity index (χ1) is 13.2. The molecule has 3 aromatic rings. The second-order valence-corrected chi connectivity index (χ2v) is 6.88. The number of nitrogens with zero attached hydrogens (tertiary/aromatic N) is 4. The third-order valence-corrected chi connectivity index (χ3v) is 4.94. The van der Waals surface area contributed by atoms with E-state index < -0.39 is 11.2 Å². The van der Waals surface area contributed by atoms with Gasteiger partial charge >= 0.3 is 5.69 Å². The largest absolute Gasteiger partial charge is 0.385 e. The van der Waals surface area contributed by atoms with E-state index in [0.717, 1.165) is 10.8 Å². The lowest BCUT2D eigenvalue weighted by atomic mass is 10.2. The van der Waals surface area contributed by atoms with E-state index in [1.807, 2.05) is 0 Å². The lowest BCUT2D eigenvalue weighted by Crippen LogP contribution is -2.39. The molecule has 0 spiro atoms. The maximum atomic E-state index is 13.0. The van der Waals surface area contributed by atoms with Crippen molar-refractivity contribution in [3.8, 4) is 0 Å². The van der Waals surface area contributed by atoms with E-state index in [-0.39, 0.29) is 29.5 Å². The summed E-state index contributed by atoms with van der Waals surface area (Å²) in [5, 5.41) is 10.6. The van der Waals surface area contributed by atoms with Gasteiger partial charge in [-0.15, -0.1) is 0 Å². The summed E-state index contributed by atoms with van der Waals surface area (Å²) in [4.78, 5) is 30.1. The molecule has 9 nitrogen and oxygen atoms in total. The minimum atomic E-state index is -0.517. The summed E-state index contributed by atoms with van der Waals surface area (Å²) in [6.07, 6.45) is 2.35. The number of halogens is 2. The zero-order valence-electron chi connectivity index (χ0n) is 15.0. The number of aryl methyl sites for hydroxylation is 2. The average Bonchev–Trinajstić information content (AvgIpc) is 2.96. The monoisotopic (exact) mass is 421 g/mol. The summed E-state index contributed by atoms with van der Waals surface area (Å²) in [7, 11) is 3.16. The van der Waals surface area contributed by atoms with Crippen molar-refractivity contribution < 1.29 is 0 Å². The van der Waals surface area contributed by atoms with Crippen LogP contribution >= 0.6 is 23.2 Å². The molecule has 0 unspecified atom stereocenters. The molecule has 3 rings (SSSR count). The van der Waals surface area contributed by atoms with Crippen LogP contribution in [-0.2, 0) is 20.6 Å². The Morgan fingerprint density at radius 3 is 2.61 bits per heavy atom. The highest BCUT2D eigenvalue weighted by Gasteiger charge is 2.19. The zero-order chi connectivity index (χ0) is 20.6. The fourth-order valence-electron chi connectivity index (χ4n) is 2.78. The number of benzene rings is 1. The molecule has 0 fully saturated rings. The molecule has 2 heterocycles. The zero-order valence-corrected chi connectivity index (χ0v) is 16.5. The Kier molecular flexibility index (Phi) is 5.30. The number of imidazole rings is 1. The summed E-state index contributed by atoms with van der Waals surface area (Å²) >= 11 is 12.0. The lowest BCUT2D eigenvalue weighted by molar-refractivity contribution is 0.655. The Balaban J connectivity index is 2.17. The topological polar surface area (TPSA) is 124 Å². The molecule has 1 aromatic carbocycles. The van der Waals surface area contributed by atoms with E-state index >= 15 is 0 Å². The summed E-state index contributed by atoms with van der Waals surface area (Å²) in [6, 6.07) is 4.92. The highest BCUT2D eigenvalue weighted by molar-refractivity contribution is 6.42. The van der Waals surface area contributed by atoms with Gasteiger partial charge in [-0.25, -0.2) is 4.79 Å². The van der Waals surface area contributed by atoms with Gasteiger partial charge in [-0.2, -0.15) is 4.98 Å². The molecule has 28 heavy (non-hydrogen) atoms. The van der Waals surface area contributed by atoms with Crippen molar-refractivity contribution in [2.24, 2.45) is 19.8 Å². The van der Waals surface area contributed by atoms with Crippen molar-refractivity contribution in [1.29, 1.82) is 5.41 Å². The van der Waals surface area contributed by atoms with Crippen molar-refractivity contribution >= 4 is 46.5 Å². The van der Waals surface area contributed by atoms with E-state index in [0.29, 0.717) is 15.6 Å². The Bertz CT molecular complexity index is 1240. The summed E-state index contributed by atoms with van der Waals surface area (Å²) < 4.78 is 3.90. The van der Waals surface area contributed by atoms with Crippen molar-refractivity contribution in [3.63, 3.8) is 0 Å². The number of allylic oxidation sites excluding steroid dienone is 1. The Morgan fingerprint density at radius 1 is 1.25 bits per heavy atom. The molecule has 0 aliphatic heterocycles. The van der Waals surface area contributed by atoms with Crippen molar-refractivity contribution in [1.82, 2.24) is 18.7 Å². The smallest absolute Gasteiger partial charge is 0.332 e. The van der Waals surface area contributed by atoms with E-state index in [4.69, 9.17) is 34.3 Å². The molecule has 0 bridgehead atoms. The number of aromatic nitrogens is 4. The number of nitrogens with two attached hydrogens (primary N) is 1. The van der Waals surface area contributed by atoms with Gasteiger partial charge in [0, 0.05) is 20.3 Å². The van der Waals surface area contributed by atoms with Crippen LogP contribution in [-0.4, -0.2) is 24.9 Å². The van der Waals surface area contributed by atoms with Crippen LogP contribution in [0, 0.1) is 5.41 Å². The fourth-order valence-corrected chi connectivity index (χ4v) is 3.10. The van der Waals surface area contributed by atoms with Crippen molar-refractivity contribution in [2.45, 2.75) is 6.54 Å². The van der Waals surface area contributed by atoms with Crippen LogP contribution in [0.25, 0.3) is 11.2 Å². The van der Waals surface area contributed by atoms with Crippen molar-refractivity contribution in [3.05, 3.63) is 66.5 Å². The molecule has 2 aromatic heterocycles. The van der Waals surface area contributed by atoms with Crippen molar-refractivity contribution in [2.75, 3.05) is 5.32 Å². The quantitative estimate of drug-likeness (QED) is 0.540. The second kappa shape index (κ2) is 7.53. The Morgan fingerprint density at radius 2 is 1.96 bits per heavy atom. The predicted octanol–water partition coefficient (Wildman–Crippen LogP) is 1.65. The van der Waals surface area contributed by atoms with E-state index in [1.54, 1.807) is 25.2 Å². The van der Waals surface area contributed by atoms with Gasteiger partial charge in [-0.05, 0) is 23.8 Å². The van der Waals surface area contributed by atoms with Gasteiger partial charge in [0.05, 0.1) is 16.6 Å². The molecule has 11 heteroatoms. The van der Waals surface area contributed by atoms with E-state index in [9.17, 15) is 9.59 Å². The first-order valence-corrected chi connectivity index (χ1v) is 8.83. The number of hydrogen-bond donors (Lipinski definition) is 3. The predicted molar refractivity (Wildman–Crippen MR) is 110 cm³/mol. The molecule has 0 amide bonds. The number of fused-ring (bicyclic) bond motifs is 1. The molecular weight excluding hydrogens is 405 g/mol. The lowest BCUT2D eigenvalue weighted by Gasteiger charge is -2.09. The van der Waals surface area contributed by atoms with Crippen LogP contribution in [0.15, 0.2) is 39.7 Å². The van der Waals surface area contributed by atoms with Gasteiger partial charge in [-0.1, -0.05) is 29.3 Å². The SMILES string of the molecule is Cn1c(N/C(N)=C\C=N)nc2c1c(=O)n(Cc1ccc(Cl)c(Cl)c1)c(=O)n2C. The maximum absolute atomic E-state index is 13.0. The number of nitrogens with one attached hydrogen (secondary N) is 2. The third-order valence-electron chi connectivity index (χ3n) is 4.20. The van der Waals surface area contributed by atoms with Crippen LogP contribution in [0.1, 0.15) is 5.56 Å². The highest BCUT2D eigenvalue weighted by Crippen LogP contribution is 2.23. The first-order valence-electron chi connectivity index (χ1n) is 8.08. The highest BCUT2D eigenvalue weighted by atomic mass is 35.5. The van der Waals surface area contributed by atoms with Crippen LogP contribution in [0.2, 0.25) is 10.0 Å². The van der Waals surface area contributed by atoms with Gasteiger partial charge in [0.25, 0.3) is 5.56 Å². The molecular formula is C17H17Cl2N7O2. The number of anilines is 1. The molecule has 0 saturated carbocycles. The molecule has 0 saturated heterocycles. The van der Waals surface area contributed by atoms with Gasteiger partial charge in [0.15, 0.2) is 11.2 Å². The molecule has 0 aliphatic rings. The van der Waals surface area contributed by atoms with Crippen LogP contribution in [0.4, 0.5) is 5.95 Å². The van der Waals surface area contributed by atoms with E-state index in [2.05, 4.69) is 10.3 Å². The second-order valence-electron chi connectivity index (χ2n) is 6.06. The van der Waals surface area contributed by atoms with E-state index in [1.165, 1.54) is 22.3 Å². The van der Waals surface area contributed by atoms with Gasteiger partial charge in [-0.3, -0.25) is 13.9 Å². The maximum Gasteiger partial charge on any atom is 0.332 e.